The molecule has 6 nitrogen and oxygen atoms in total. The highest BCUT2D eigenvalue weighted by molar-refractivity contribution is 5.96. The van der Waals surface area contributed by atoms with Crippen LogP contribution in [0.1, 0.15) is 46.4 Å². The molecule has 2 saturated heterocycles. The average molecular weight is 553 g/mol. The predicted molar refractivity (Wildman–Crippen MR) is 144 cm³/mol. The van der Waals surface area contributed by atoms with Crippen LogP contribution in [0.15, 0.2) is 54.6 Å². The molecule has 5 rings (SSSR count). The monoisotopic (exact) mass is 552 g/mol. The van der Waals surface area contributed by atoms with E-state index in [9.17, 15) is 22.8 Å². The topological polar surface area (TPSA) is 59.1 Å². The summed E-state index contributed by atoms with van der Waals surface area (Å²) in [6.07, 6.45) is 2.94. The van der Waals surface area contributed by atoms with E-state index in [1.54, 1.807) is 21.9 Å². The Morgan fingerprint density at radius 2 is 1.35 bits per heavy atom. The fraction of sp³-hybridized carbons (Fsp3) is 0.355. The highest BCUT2D eigenvalue weighted by Crippen LogP contribution is 2.42. The van der Waals surface area contributed by atoms with Crippen molar-refractivity contribution in [3.05, 3.63) is 83.2 Å². The molecular formula is C31H31F3N2O4. The molecule has 0 aliphatic carbocycles. The van der Waals surface area contributed by atoms with Crippen molar-refractivity contribution in [3.63, 3.8) is 0 Å². The highest BCUT2D eigenvalue weighted by Gasteiger charge is 2.40. The molecule has 2 aliphatic heterocycles. The van der Waals surface area contributed by atoms with Gasteiger partial charge in [-0.15, -0.1) is 0 Å². The molecule has 1 spiro atoms. The summed E-state index contributed by atoms with van der Waals surface area (Å²) in [4.78, 5) is 29.6. The number of hydrogen-bond acceptors (Lipinski definition) is 4. The molecule has 9 heteroatoms. The van der Waals surface area contributed by atoms with E-state index in [0.717, 1.165) is 31.6 Å². The van der Waals surface area contributed by atoms with E-state index in [-0.39, 0.29) is 22.6 Å². The first-order chi connectivity index (χ1) is 19.3. The maximum absolute atomic E-state index is 14.9. The second-order valence-electron chi connectivity index (χ2n) is 10.4. The third-order valence-electron chi connectivity index (χ3n) is 8.30. The predicted octanol–water partition coefficient (Wildman–Crippen LogP) is 5.95. The first-order valence-electron chi connectivity index (χ1n) is 13.3. The van der Waals surface area contributed by atoms with Gasteiger partial charge in [0, 0.05) is 37.3 Å². The van der Waals surface area contributed by atoms with E-state index in [2.05, 4.69) is 0 Å². The number of carbonyl (C=O) groups excluding carboxylic acids is 2. The minimum absolute atomic E-state index is 0.0350. The minimum atomic E-state index is -1.05. The largest absolute Gasteiger partial charge is 0.494 e. The van der Waals surface area contributed by atoms with Gasteiger partial charge in [-0.25, -0.2) is 8.78 Å². The van der Waals surface area contributed by atoms with Crippen LogP contribution in [0.4, 0.5) is 13.2 Å². The van der Waals surface area contributed by atoms with Crippen LogP contribution in [-0.4, -0.2) is 62.0 Å². The Hall–Kier alpha value is -4.01. The van der Waals surface area contributed by atoms with E-state index in [1.165, 1.54) is 13.2 Å². The standard InChI is InChI=1S/C31H31F3N2O4/c1-39-25-19-23(26(33)28(40-2)27(25)34)30(38)36-16-12-31(13-17-36)10-14-35(15-11-31)29(37)21-8-9-22(24(32)18-21)20-6-4-3-5-7-20/h3-9,18-19H,10-17H2,1-2H3. The first-order valence-corrected chi connectivity index (χ1v) is 13.3. The van der Waals surface area contributed by atoms with Gasteiger partial charge in [0.05, 0.1) is 19.8 Å². The average Bonchev–Trinajstić information content (AvgIpc) is 2.98. The van der Waals surface area contributed by atoms with Crippen LogP contribution >= 0.6 is 0 Å². The van der Waals surface area contributed by atoms with Crippen LogP contribution in [0.3, 0.4) is 0 Å². The highest BCUT2D eigenvalue weighted by atomic mass is 19.1. The van der Waals surface area contributed by atoms with Gasteiger partial charge in [0.25, 0.3) is 11.8 Å². The summed E-state index contributed by atoms with van der Waals surface area (Å²) in [6.45, 7) is 1.91. The molecule has 210 valence electrons. The van der Waals surface area contributed by atoms with E-state index >= 15 is 0 Å². The van der Waals surface area contributed by atoms with Gasteiger partial charge in [0.15, 0.2) is 17.3 Å². The van der Waals surface area contributed by atoms with Gasteiger partial charge < -0.3 is 19.3 Å². The number of amides is 2. The van der Waals surface area contributed by atoms with Crippen LogP contribution in [0, 0.1) is 22.9 Å². The lowest BCUT2D eigenvalue weighted by Gasteiger charge is -2.47. The third-order valence-corrected chi connectivity index (χ3v) is 8.30. The molecule has 2 heterocycles. The Kier molecular flexibility index (Phi) is 7.74. The molecule has 0 radical (unpaired) electrons. The zero-order chi connectivity index (χ0) is 28.4. The summed E-state index contributed by atoms with van der Waals surface area (Å²) in [6, 6.07) is 14.9. The van der Waals surface area contributed by atoms with E-state index in [4.69, 9.17) is 9.47 Å². The molecule has 2 amide bonds. The molecule has 0 bridgehead atoms. The Balaban J connectivity index is 1.20. The summed E-state index contributed by atoms with van der Waals surface area (Å²) in [5, 5.41) is 0. The van der Waals surface area contributed by atoms with Crippen LogP contribution in [0.25, 0.3) is 11.1 Å². The van der Waals surface area contributed by atoms with Gasteiger partial charge >= 0.3 is 0 Å². The van der Waals surface area contributed by atoms with Crippen LogP contribution in [-0.2, 0) is 0 Å². The van der Waals surface area contributed by atoms with Crippen LogP contribution in [0.5, 0.6) is 11.5 Å². The van der Waals surface area contributed by atoms with Crippen LogP contribution in [0.2, 0.25) is 0 Å². The Bertz CT molecular complexity index is 1410. The van der Waals surface area contributed by atoms with Crippen molar-refractivity contribution in [3.8, 4) is 22.6 Å². The van der Waals surface area contributed by atoms with Crippen LogP contribution < -0.4 is 9.47 Å². The van der Waals surface area contributed by atoms with Gasteiger partial charge in [-0.05, 0) is 54.9 Å². The van der Waals surface area contributed by atoms with Crippen molar-refractivity contribution in [2.45, 2.75) is 25.7 Å². The smallest absolute Gasteiger partial charge is 0.257 e. The number of nitrogens with zero attached hydrogens (tertiary/aromatic N) is 2. The fourth-order valence-corrected chi connectivity index (χ4v) is 5.79. The number of carbonyl (C=O) groups is 2. The zero-order valence-electron chi connectivity index (χ0n) is 22.5. The van der Waals surface area contributed by atoms with Crippen molar-refractivity contribution >= 4 is 11.8 Å². The number of piperidine rings is 2. The maximum Gasteiger partial charge on any atom is 0.257 e. The maximum atomic E-state index is 14.9. The number of rotatable bonds is 5. The zero-order valence-corrected chi connectivity index (χ0v) is 22.5. The molecule has 0 unspecified atom stereocenters. The van der Waals surface area contributed by atoms with Gasteiger partial charge in [-0.1, -0.05) is 36.4 Å². The van der Waals surface area contributed by atoms with Crippen molar-refractivity contribution in [1.29, 1.82) is 0 Å². The van der Waals surface area contributed by atoms with Crippen molar-refractivity contribution in [2.24, 2.45) is 5.41 Å². The summed E-state index contributed by atoms with van der Waals surface area (Å²) in [7, 11) is 2.37. The lowest BCUT2D eigenvalue weighted by molar-refractivity contribution is 0.0278. The number of ether oxygens (including phenoxy) is 2. The summed E-state index contributed by atoms with van der Waals surface area (Å²) in [5.74, 6) is -4.13. The Morgan fingerprint density at radius 1 is 0.750 bits per heavy atom. The van der Waals surface area contributed by atoms with Gasteiger partial charge in [0.1, 0.15) is 5.82 Å². The molecule has 2 fully saturated rings. The fourth-order valence-electron chi connectivity index (χ4n) is 5.79. The number of halogens is 3. The van der Waals surface area contributed by atoms with E-state index in [1.807, 2.05) is 30.3 Å². The molecule has 0 N–H and O–H groups in total. The number of likely N-dealkylation sites (tertiary alicyclic amines) is 2. The Labute approximate surface area is 231 Å². The summed E-state index contributed by atoms with van der Waals surface area (Å²) >= 11 is 0. The normalized spacial score (nSPS) is 16.6. The van der Waals surface area contributed by atoms with Crippen molar-refractivity contribution in [1.82, 2.24) is 9.80 Å². The molecule has 2 aliphatic rings. The van der Waals surface area contributed by atoms with Gasteiger partial charge in [-0.3, -0.25) is 9.59 Å². The lowest BCUT2D eigenvalue weighted by atomic mass is 9.71. The summed E-state index contributed by atoms with van der Waals surface area (Å²) in [5.41, 5.74) is 1.20. The van der Waals surface area contributed by atoms with Crippen molar-refractivity contribution < 1.29 is 32.2 Å². The molecule has 0 aromatic heterocycles. The number of hydrogen-bond donors (Lipinski definition) is 0. The van der Waals surface area contributed by atoms with Gasteiger partial charge in [0.2, 0.25) is 5.82 Å². The quantitative estimate of drug-likeness (QED) is 0.393. The lowest BCUT2D eigenvalue weighted by Crippen LogP contribution is -2.49. The molecule has 3 aromatic rings. The first kappa shape index (κ1) is 27.6. The third kappa shape index (κ3) is 5.12. The Morgan fingerprint density at radius 3 is 1.90 bits per heavy atom. The molecule has 3 aromatic carbocycles. The van der Waals surface area contributed by atoms with Gasteiger partial charge in [-0.2, -0.15) is 4.39 Å². The molecule has 0 saturated carbocycles. The molecule has 40 heavy (non-hydrogen) atoms. The van der Waals surface area contributed by atoms with Crippen molar-refractivity contribution in [2.75, 3.05) is 40.4 Å². The van der Waals surface area contributed by atoms with E-state index in [0.29, 0.717) is 50.1 Å². The summed E-state index contributed by atoms with van der Waals surface area (Å²) < 4.78 is 53.8. The minimum Gasteiger partial charge on any atom is -0.494 e. The number of benzene rings is 3. The molecule has 0 atom stereocenters. The number of methoxy groups -OCH3 is 2. The van der Waals surface area contributed by atoms with E-state index < -0.39 is 29.1 Å². The second-order valence-corrected chi connectivity index (χ2v) is 10.4. The molecular weight excluding hydrogens is 521 g/mol. The second kappa shape index (κ2) is 11.2. The SMILES string of the molecule is COc1cc(C(=O)N2CCC3(CCN(C(=O)c4ccc(-c5ccccc5)c(F)c4)CC3)CC2)c(F)c(OC)c1F.